The van der Waals surface area contributed by atoms with E-state index in [1.807, 2.05) is 31.2 Å². The Kier molecular flexibility index (Phi) is 6.39. The number of benzene rings is 3. The third-order valence-electron chi connectivity index (χ3n) is 6.18. The molecule has 0 unspecified atom stereocenters. The van der Waals surface area contributed by atoms with E-state index in [9.17, 15) is 9.59 Å². The number of rotatable bonds is 6. The van der Waals surface area contributed by atoms with Crippen LogP contribution in [-0.2, 0) is 0 Å². The van der Waals surface area contributed by atoms with Crippen molar-refractivity contribution in [1.82, 2.24) is 15.5 Å². The first-order valence-electron chi connectivity index (χ1n) is 11.8. The minimum atomic E-state index is -0.245. The van der Waals surface area contributed by atoms with Crippen LogP contribution in [0.25, 0.3) is 22.9 Å². The number of aryl methyl sites for hydroxylation is 1. The van der Waals surface area contributed by atoms with Crippen LogP contribution in [0.5, 0.6) is 0 Å². The molecule has 0 bridgehead atoms. The molecule has 0 aliphatic heterocycles. The molecule has 7 nitrogen and oxygen atoms in total. The lowest BCUT2D eigenvalue weighted by atomic mass is 10.1. The van der Waals surface area contributed by atoms with Crippen molar-refractivity contribution in [3.8, 4) is 22.9 Å². The summed E-state index contributed by atoms with van der Waals surface area (Å²) < 4.78 is 5.82. The van der Waals surface area contributed by atoms with Crippen LogP contribution in [0.15, 0.2) is 77.2 Å². The predicted molar refractivity (Wildman–Crippen MR) is 134 cm³/mol. The molecule has 2 N–H and O–H groups in total. The van der Waals surface area contributed by atoms with Crippen LogP contribution < -0.4 is 10.6 Å². The summed E-state index contributed by atoms with van der Waals surface area (Å²) in [4.78, 5) is 25.1. The Labute approximate surface area is 203 Å². The van der Waals surface area contributed by atoms with Crippen LogP contribution in [0.4, 0.5) is 5.69 Å². The summed E-state index contributed by atoms with van der Waals surface area (Å²) in [6.45, 7) is 2.01. The Morgan fingerprint density at radius 2 is 1.43 bits per heavy atom. The van der Waals surface area contributed by atoms with Gasteiger partial charge in [-0.3, -0.25) is 9.59 Å². The van der Waals surface area contributed by atoms with Gasteiger partial charge in [0.2, 0.25) is 11.8 Å². The highest BCUT2D eigenvalue weighted by Gasteiger charge is 2.18. The number of nitrogens with one attached hydrogen (secondary N) is 2. The van der Waals surface area contributed by atoms with Crippen LogP contribution in [0, 0.1) is 6.92 Å². The third kappa shape index (κ3) is 5.30. The molecule has 1 fully saturated rings. The minimum absolute atomic E-state index is 0.0723. The van der Waals surface area contributed by atoms with Crippen LogP contribution in [0.2, 0.25) is 0 Å². The summed E-state index contributed by atoms with van der Waals surface area (Å²) in [6.07, 6.45) is 4.42. The molecule has 0 atom stereocenters. The number of carbonyl (C=O) groups excluding carboxylic acids is 2. The molecule has 1 aromatic heterocycles. The molecule has 3 aromatic carbocycles. The van der Waals surface area contributed by atoms with Crippen LogP contribution >= 0.6 is 0 Å². The van der Waals surface area contributed by atoms with Gasteiger partial charge in [0.1, 0.15) is 0 Å². The van der Waals surface area contributed by atoms with Gasteiger partial charge in [-0.2, -0.15) is 0 Å². The van der Waals surface area contributed by atoms with Crippen molar-refractivity contribution in [2.45, 2.75) is 38.6 Å². The molecule has 176 valence electrons. The van der Waals surface area contributed by atoms with Crippen LogP contribution in [0.3, 0.4) is 0 Å². The molecule has 1 aliphatic rings. The summed E-state index contributed by atoms with van der Waals surface area (Å²) in [5.41, 5.74) is 4.40. The maximum atomic E-state index is 12.7. The fourth-order valence-corrected chi connectivity index (χ4v) is 4.25. The van der Waals surface area contributed by atoms with E-state index in [0.717, 1.165) is 29.5 Å². The lowest BCUT2D eigenvalue weighted by Gasteiger charge is -2.12. The second kappa shape index (κ2) is 9.93. The molecule has 4 aromatic rings. The highest BCUT2D eigenvalue weighted by molar-refractivity contribution is 6.04. The van der Waals surface area contributed by atoms with Gasteiger partial charge in [-0.05, 0) is 80.4 Å². The molecular formula is C28H26N4O3. The summed E-state index contributed by atoms with van der Waals surface area (Å²) in [7, 11) is 0. The first-order valence-corrected chi connectivity index (χ1v) is 11.8. The SMILES string of the molecule is Cc1cccc(-c2nnc(-c3ccc(C(=O)Nc4ccc(C(=O)NC5CCCC5)cc4)cc3)o2)c1. The smallest absolute Gasteiger partial charge is 0.255 e. The number of carbonyl (C=O) groups is 2. The van der Waals surface area contributed by atoms with E-state index in [0.29, 0.717) is 28.6 Å². The van der Waals surface area contributed by atoms with E-state index in [2.05, 4.69) is 20.8 Å². The lowest BCUT2D eigenvalue weighted by molar-refractivity contribution is 0.0937. The van der Waals surface area contributed by atoms with Gasteiger partial charge < -0.3 is 15.1 Å². The number of hydrogen-bond donors (Lipinski definition) is 2. The molecular weight excluding hydrogens is 440 g/mol. The zero-order chi connectivity index (χ0) is 24.2. The van der Waals surface area contributed by atoms with Gasteiger partial charge in [0.25, 0.3) is 11.8 Å². The number of nitrogens with zero attached hydrogens (tertiary/aromatic N) is 2. The van der Waals surface area contributed by atoms with Crippen molar-refractivity contribution >= 4 is 17.5 Å². The van der Waals surface area contributed by atoms with Gasteiger partial charge in [-0.25, -0.2) is 0 Å². The summed E-state index contributed by atoms with van der Waals surface area (Å²) in [5.74, 6) is 0.522. The highest BCUT2D eigenvalue weighted by Crippen LogP contribution is 2.25. The summed E-state index contributed by atoms with van der Waals surface area (Å²) >= 11 is 0. The predicted octanol–water partition coefficient (Wildman–Crippen LogP) is 5.64. The molecule has 1 saturated carbocycles. The van der Waals surface area contributed by atoms with Crippen molar-refractivity contribution in [3.63, 3.8) is 0 Å². The molecule has 35 heavy (non-hydrogen) atoms. The third-order valence-corrected chi connectivity index (χ3v) is 6.18. The Morgan fingerprint density at radius 3 is 2.11 bits per heavy atom. The molecule has 0 radical (unpaired) electrons. The monoisotopic (exact) mass is 466 g/mol. The second-order valence-corrected chi connectivity index (χ2v) is 8.85. The maximum absolute atomic E-state index is 12.7. The van der Waals surface area contributed by atoms with Gasteiger partial charge in [-0.1, -0.05) is 30.5 Å². The van der Waals surface area contributed by atoms with Gasteiger partial charge in [-0.15, -0.1) is 10.2 Å². The van der Waals surface area contributed by atoms with Crippen molar-refractivity contribution < 1.29 is 14.0 Å². The quantitative estimate of drug-likeness (QED) is 0.383. The Hall–Kier alpha value is -4.26. The fourth-order valence-electron chi connectivity index (χ4n) is 4.25. The van der Waals surface area contributed by atoms with Crippen LogP contribution in [0.1, 0.15) is 52.0 Å². The van der Waals surface area contributed by atoms with Gasteiger partial charge in [0, 0.05) is 34.0 Å². The lowest BCUT2D eigenvalue weighted by Crippen LogP contribution is -2.32. The van der Waals surface area contributed by atoms with E-state index >= 15 is 0 Å². The average molecular weight is 467 g/mol. The Balaban J connectivity index is 1.21. The molecule has 5 rings (SSSR count). The number of amides is 2. The zero-order valence-corrected chi connectivity index (χ0v) is 19.5. The number of anilines is 1. The van der Waals surface area contributed by atoms with E-state index in [4.69, 9.17) is 4.42 Å². The number of hydrogen-bond acceptors (Lipinski definition) is 5. The van der Waals surface area contributed by atoms with Crippen molar-refractivity contribution in [2.75, 3.05) is 5.32 Å². The van der Waals surface area contributed by atoms with E-state index < -0.39 is 0 Å². The molecule has 0 spiro atoms. The highest BCUT2D eigenvalue weighted by atomic mass is 16.4. The summed E-state index contributed by atoms with van der Waals surface area (Å²) in [5, 5.41) is 14.2. The van der Waals surface area contributed by atoms with Gasteiger partial charge >= 0.3 is 0 Å². The summed E-state index contributed by atoms with van der Waals surface area (Å²) in [6, 6.07) is 22.0. The molecule has 7 heteroatoms. The minimum Gasteiger partial charge on any atom is -0.416 e. The van der Waals surface area contributed by atoms with Crippen LogP contribution in [-0.4, -0.2) is 28.1 Å². The topological polar surface area (TPSA) is 97.1 Å². The average Bonchev–Trinajstić information content (AvgIpc) is 3.57. The second-order valence-electron chi connectivity index (χ2n) is 8.85. The Morgan fingerprint density at radius 1 is 0.800 bits per heavy atom. The van der Waals surface area contributed by atoms with E-state index in [1.165, 1.54) is 12.8 Å². The van der Waals surface area contributed by atoms with E-state index in [1.54, 1.807) is 48.5 Å². The number of aromatic nitrogens is 2. The molecule has 1 heterocycles. The van der Waals surface area contributed by atoms with Crippen molar-refractivity contribution in [3.05, 3.63) is 89.5 Å². The zero-order valence-electron chi connectivity index (χ0n) is 19.5. The van der Waals surface area contributed by atoms with E-state index in [-0.39, 0.29) is 17.9 Å². The van der Waals surface area contributed by atoms with Crippen molar-refractivity contribution in [1.29, 1.82) is 0 Å². The Bertz CT molecular complexity index is 1340. The largest absolute Gasteiger partial charge is 0.416 e. The normalized spacial score (nSPS) is 13.5. The fraction of sp³-hybridized carbons (Fsp3) is 0.214. The first-order chi connectivity index (χ1) is 17.0. The first kappa shape index (κ1) is 22.5. The standard InChI is InChI=1S/C28H26N4O3/c1-18-5-4-6-22(17-18)28-32-31-27(35-28)21-11-9-19(10-12-21)25(33)30-24-15-13-20(14-16-24)26(34)29-23-7-2-3-8-23/h4-6,9-17,23H,2-3,7-8H2,1H3,(H,29,34)(H,30,33). The van der Waals surface area contributed by atoms with Gasteiger partial charge in [0.05, 0.1) is 0 Å². The van der Waals surface area contributed by atoms with Crippen molar-refractivity contribution in [2.24, 2.45) is 0 Å². The molecule has 0 saturated heterocycles. The maximum Gasteiger partial charge on any atom is 0.255 e. The van der Waals surface area contributed by atoms with Gasteiger partial charge in [0.15, 0.2) is 0 Å². The molecule has 1 aliphatic carbocycles. The molecule has 2 amide bonds.